The van der Waals surface area contributed by atoms with E-state index in [-0.39, 0.29) is 11.9 Å². The van der Waals surface area contributed by atoms with Crippen LogP contribution >= 0.6 is 0 Å². The Morgan fingerprint density at radius 1 is 1.26 bits per heavy atom. The zero-order valence-corrected chi connectivity index (χ0v) is 12.5. The van der Waals surface area contributed by atoms with Gasteiger partial charge in [0, 0.05) is 19.5 Å². The molecule has 0 saturated carbocycles. The third kappa shape index (κ3) is 9.28. The van der Waals surface area contributed by atoms with Gasteiger partial charge in [-0.25, -0.2) is 0 Å². The number of hydrogen-bond acceptors (Lipinski definition) is 3. The molecule has 0 rings (SSSR count). The predicted molar refractivity (Wildman–Crippen MR) is 76.7 cm³/mol. The van der Waals surface area contributed by atoms with E-state index in [2.05, 4.69) is 13.5 Å². The van der Waals surface area contributed by atoms with Crippen molar-refractivity contribution in [3.05, 3.63) is 12.7 Å². The lowest BCUT2D eigenvalue weighted by molar-refractivity contribution is -0.144. The highest BCUT2D eigenvalue weighted by Gasteiger charge is 2.10. The average molecular weight is 269 g/mol. The Balaban J connectivity index is 3.89. The Morgan fingerprint density at radius 2 is 1.89 bits per heavy atom. The lowest BCUT2D eigenvalue weighted by atomic mass is 10.1. The summed E-state index contributed by atoms with van der Waals surface area (Å²) in [6.07, 6.45) is 4.48. The molecule has 0 bridgehead atoms. The summed E-state index contributed by atoms with van der Waals surface area (Å²) in [5, 5.41) is 0. The number of unbranched alkanes of at least 4 members (excludes halogenated alkanes) is 1. The van der Waals surface area contributed by atoms with E-state index in [9.17, 15) is 9.59 Å². The highest BCUT2D eigenvalue weighted by molar-refractivity contribution is 5.86. The van der Waals surface area contributed by atoms with Crippen molar-refractivity contribution in [3.63, 3.8) is 0 Å². The van der Waals surface area contributed by atoms with Crippen LogP contribution in [0.15, 0.2) is 12.7 Å². The summed E-state index contributed by atoms with van der Waals surface area (Å²) in [6, 6.07) is 0. The van der Waals surface area contributed by atoms with E-state index in [1.165, 1.54) is 6.08 Å². The van der Waals surface area contributed by atoms with Crippen LogP contribution < -0.4 is 0 Å². The summed E-state index contributed by atoms with van der Waals surface area (Å²) < 4.78 is 5.12. The Morgan fingerprint density at radius 3 is 2.42 bits per heavy atom. The van der Waals surface area contributed by atoms with Crippen LogP contribution in [0.2, 0.25) is 0 Å². The number of amides is 1. The van der Waals surface area contributed by atoms with E-state index in [0.717, 1.165) is 19.4 Å². The fraction of sp³-hybridized carbons (Fsp3) is 0.733. The van der Waals surface area contributed by atoms with Crippen LogP contribution in [0.25, 0.3) is 0 Å². The van der Waals surface area contributed by atoms with Gasteiger partial charge in [-0.3, -0.25) is 9.59 Å². The van der Waals surface area contributed by atoms with Gasteiger partial charge < -0.3 is 9.64 Å². The Labute approximate surface area is 116 Å². The molecule has 0 aliphatic carbocycles. The Kier molecular flexibility index (Phi) is 9.85. The molecule has 4 heteroatoms. The first-order valence-corrected chi connectivity index (χ1v) is 7.08. The number of esters is 1. The highest BCUT2D eigenvalue weighted by Crippen LogP contribution is 2.03. The summed E-state index contributed by atoms with van der Waals surface area (Å²) in [5.74, 6) is 0.100. The first kappa shape index (κ1) is 17.7. The van der Waals surface area contributed by atoms with Crippen LogP contribution in [0.3, 0.4) is 0 Å². The lowest BCUT2D eigenvalue weighted by Crippen LogP contribution is -2.32. The summed E-state index contributed by atoms with van der Waals surface area (Å²) in [5.41, 5.74) is 0. The molecule has 0 radical (unpaired) electrons. The van der Waals surface area contributed by atoms with Crippen molar-refractivity contribution in [1.82, 2.24) is 4.90 Å². The van der Waals surface area contributed by atoms with Crippen LogP contribution in [-0.4, -0.2) is 36.5 Å². The Hall–Kier alpha value is -1.32. The largest absolute Gasteiger partial charge is 0.466 e. The molecule has 0 saturated heterocycles. The second kappa shape index (κ2) is 10.6. The molecule has 0 aromatic carbocycles. The van der Waals surface area contributed by atoms with Gasteiger partial charge in [0.15, 0.2) is 0 Å². The Bertz CT molecular complexity index is 287. The number of hydrogen-bond donors (Lipinski definition) is 0. The maximum absolute atomic E-state index is 11.6. The van der Waals surface area contributed by atoms with Crippen molar-refractivity contribution in [3.8, 4) is 0 Å². The average Bonchev–Trinajstić information content (AvgIpc) is 2.36. The van der Waals surface area contributed by atoms with E-state index in [1.807, 2.05) is 13.8 Å². The normalized spacial score (nSPS) is 10.3. The fourth-order valence-electron chi connectivity index (χ4n) is 1.64. The molecule has 0 aromatic heterocycles. The van der Waals surface area contributed by atoms with Gasteiger partial charge in [-0.1, -0.05) is 33.8 Å². The molecular weight excluding hydrogens is 242 g/mol. The minimum Gasteiger partial charge on any atom is -0.466 e. The first-order valence-electron chi connectivity index (χ1n) is 7.08. The molecule has 0 aliphatic heterocycles. The number of carbonyl (C=O) groups excluding carboxylic acids is 2. The molecule has 0 fully saturated rings. The maximum Gasteiger partial charge on any atom is 0.306 e. The third-order valence-corrected chi connectivity index (χ3v) is 2.68. The topological polar surface area (TPSA) is 46.6 Å². The lowest BCUT2D eigenvalue weighted by Gasteiger charge is -2.20. The van der Waals surface area contributed by atoms with Gasteiger partial charge in [0.25, 0.3) is 0 Å². The summed E-state index contributed by atoms with van der Waals surface area (Å²) in [7, 11) is 0. The molecule has 19 heavy (non-hydrogen) atoms. The van der Waals surface area contributed by atoms with Crippen LogP contribution in [0, 0.1) is 5.92 Å². The molecule has 110 valence electrons. The zero-order valence-electron chi connectivity index (χ0n) is 12.5. The number of ether oxygens (including phenoxy) is 1. The first-order chi connectivity index (χ1) is 9.01. The standard InChI is InChI=1S/C15H27NO3/c1-5-7-9-16(14(17)6-2)10-8-11-19-15(18)12-13(3)4/h6,13H,2,5,7-12H2,1,3-4H3. The minimum atomic E-state index is -0.162. The monoisotopic (exact) mass is 269 g/mol. The predicted octanol–water partition coefficient (Wildman–Crippen LogP) is 2.78. The fourth-order valence-corrected chi connectivity index (χ4v) is 1.64. The molecule has 1 amide bonds. The van der Waals surface area contributed by atoms with Crippen molar-refractivity contribution in [2.45, 2.75) is 46.5 Å². The van der Waals surface area contributed by atoms with Gasteiger partial charge in [0.05, 0.1) is 6.61 Å². The second-order valence-corrected chi connectivity index (χ2v) is 5.05. The summed E-state index contributed by atoms with van der Waals surface area (Å²) >= 11 is 0. The van der Waals surface area contributed by atoms with E-state index < -0.39 is 0 Å². The SMILES string of the molecule is C=CC(=O)N(CCCC)CCCOC(=O)CC(C)C. The summed E-state index contributed by atoms with van der Waals surface area (Å²) in [4.78, 5) is 24.7. The van der Waals surface area contributed by atoms with Gasteiger partial charge in [0.2, 0.25) is 5.91 Å². The van der Waals surface area contributed by atoms with Crippen molar-refractivity contribution in [1.29, 1.82) is 0 Å². The van der Waals surface area contributed by atoms with Gasteiger partial charge in [-0.05, 0) is 24.8 Å². The summed E-state index contributed by atoms with van der Waals surface area (Å²) in [6.45, 7) is 11.3. The number of nitrogens with zero attached hydrogens (tertiary/aromatic N) is 1. The van der Waals surface area contributed by atoms with E-state index in [4.69, 9.17) is 4.74 Å². The van der Waals surface area contributed by atoms with E-state index >= 15 is 0 Å². The van der Waals surface area contributed by atoms with E-state index in [1.54, 1.807) is 4.90 Å². The third-order valence-electron chi connectivity index (χ3n) is 2.68. The molecular formula is C15H27NO3. The highest BCUT2D eigenvalue weighted by atomic mass is 16.5. The molecule has 0 N–H and O–H groups in total. The minimum absolute atomic E-state index is 0.0537. The van der Waals surface area contributed by atoms with Crippen LogP contribution in [0.1, 0.15) is 46.5 Å². The van der Waals surface area contributed by atoms with Gasteiger partial charge in [0.1, 0.15) is 0 Å². The molecule has 0 unspecified atom stereocenters. The van der Waals surface area contributed by atoms with Crippen LogP contribution in [-0.2, 0) is 14.3 Å². The quantitative estimate of drug-likeness (QED) is 0.348. The maximum atomic E-state index is 11.6. The molecule has 0 aromatic rings. The van der Waals surface area contributed by atoms with Gasteiger partial charge in [-0.2, -0.15) is 0 Å². The van der Waals surface area contributed by atoms with Crippen LogP contribution in [0.4, 0.5) is 0 Å². The van der Waals surface area contributed by atoms with Crippen molar-refractivity contribution >= 4 is 11.9 Å². The molecule has 0 heterocycles. The van der Waals surface area contributed by atoms with Crippen LogP contribution in [0.5, 0.6) is 0 Å². The molecule has 0 atom stereocenters. The molecule has 0 spiro atoms. The molecule has 4 nitrogen and oxygen atoms in total. The van der Waals surface area contributed by atoms with Crippen molar-refractivity contribution in [2.24, 2.45) is 5.92 Å². The smallest absolute Gasteiger partial charge is 0.306 e. The molecule has 0 aliphatic rings. The number of carbonyl (C=O) groups is 2. The van der Waals surface area contributed by atoms with E-state index in [0.29, 0.717) is 31.9 Å². The second-order valence-electron chi connectivity index (χ2n) is 5.05. The van der Waals surface area contributed by atoms with Crippen molar-refractivity contribution < 1.29 is 14.3 Å². The van der Waals surface area contributed by atoms with Gasteiger partial charge in [-0.15, -0.1) is 0 Å². The number of rotatable bonds is 10. The van der Waals surface area contributed by atoms with Gasteiger partial charge >= 0.3 is 5.97 Å². The van der Waals surface area contributed by atoms with Crippen molar-refractivity contribution in [2.75, 3.05) is 19.7 Å². The zero-order chi connectivity index (χ0) is 14.7.